The van der Waals surface area contributed by atoms with Gasteiger partial charge < -0.3 is 4.55 Å². The molecule has 11 heavy (non-hydrogen) atoms. The molecule has 0 aliphatic rings. The van der Waals surface area contributed by atoms with Gasteiger partial charge in [-0.15, -0.1) is 0 Å². The molecule has 0 saturated carbocycles. The van der Waals surface area contributed by atoms with E-state index in [1.807, 2.05) is 0 Å². The number of rotatable bonds is 3. The van der Waals surface area contributed by atoms with Gasteiger partial charge in [-0.2, -0.15) is 0 Å². The molecule has 0 aromatic heterocycles. The molecule has 3 nitrogen and oxygen atoms in total. The third kappa shape index (κ3) is 5.60. The SMILES string of the molecule is CC(CBr)C(C)S(=O)(=O)[O-].[Na+]. The summed E-state index contributed by atoms with van der Waals surface area (Å²) in [5.41, 5.74) is 0. The Balaban J connectivity index is 0. The minimum absolute atomic E-state index is 0. The van der Waals surface area contributed by atoms with Gasteiger partial charge in [0.1, 0.15) is 0 Å². The molecule has 6 heteroatoms. The zero-order valence-electron chi connectivity index (χ0n) is 6.87. The van der Waals surface area contributed by atoms with Crippen LogP contribution in [-0.4, -0.2) is 23.6 Å². The summed E-state index contributed by atoms with van der Waals surface area (Å²) in [6, 6.07) is 0. The smallest absolute Gasteiger partial charge is 0.748 e. The van der Waals surface area contributed by atoms with Crippen molar-refractivity contribution in [2.45, 2.75) is 19.1 Å². The van der Waals surface area contributed by atoms with Gasteiger partial charge in [0, 0.05) is 5.33 Å². The summed E-state index contributed by atoms with van der Waals surface area (Å²) >= 11 is 3.10. The molecule has 0 radical (unpaired) electrons. The van der Waals surface area contributed by atoms with Crippen molar-refractivity contribution >= 4 is 26.0 Å². The minimum Gasteiger partial charge on any atom is -0.748 e. The van der Waals surface area contributed by atoms with Crippen LogP contribution in [0.1, 0.15) is 13.8 Å². The van der Waals surface area contributed by atoms with Crippen LogP contribution in [0, 0.1) is 5.92 Å². The van der Waals surface area contributed by atoms with E-state index in [9.17, 15) is 13.0 Å². The average Bonchev–Trinajstić information content (AvgIpc) is 1.83. The van der Waals surface area contributed by atoms with Crippen LogP contribution in [-0.2, 0) is 10.1 Å². The summed E-state index contributed by atoms with van der Waals surface area (Å²) < 4.78 is 31.1. The minimum atomic E-state index is -4.09. The van der Waals surface area contributed by atoms with E-state index in [2.05, 4.69) is 15.9 Å². The van der Waals surface area contributed by atoms with E-state index < -0.39 is 15.4 Å². The average molecular weight is 253 g/mol. The maximum atomic E-state index is 10.4. The van der Waals surface area contributed by atoms with E-state index in [-0.39, 0.29) is 35.5 Å². The fourth-order valence-corrected chi connectivity index (χ4v) is 1.88. The zero-order chi connectivity index (χ0) is 8.36. The van der Waals surface area contributed by atoms with Gasteiger partial charge in [0.2, 0.25) is 0 Å². The van der Waals surface area contributed by atoms with Crippen molar-refractivity contribution in [2.75, 3.05) is 5.33 Å². The maximum absolute atomic E-state index is 10.4. The van der Waals surface area contributed by atoms with E-state index in [1.54, 1.807) is 6.92 Å². The monoisotopic (exact) mass is 252 g/mol. The zero-order valence-corrected chi connectivity index (χ0v) is 11.3. The van der Waals surface area contributed by atoms with Crippen molar-refractivity contribution in [3.63, 3.8) is 0 Å². The summed E-state index contributed by atoms with van der Waals surface area (Å²) in [4.78, 5) is 0. The van der Waals surface area contributed by atoms with Crippen LogP contribution in [0.2, 0.25) is 0 Å². The summed E-state index contributed by atoms with van der Waals surface area (Å²) in [7, 11) is -4.09. The molecule has 0 aliphatic heterocycles. The first-order valence-corrected chi connectivity index (χ1v) is 5.49. The standard InChI is InChI=1S/C5H11BrO3S.Na/c1-4(3-6)5(2)10(7,8)9;/h4-5H,3H2,1-2H3,(H,7,8,9);/q;+1/p-1. The molecule has 62 valence electrons. The summed E-state index contributed by atoms with van der Waals surface area (Å²) in [5.74, 6) is -0.123. The van der Waals surface area contributed by atoms with Gasteiger partial charge in [-0.05, 0) is 12.8 Å². The first-order chi connectivity index (χ1) is 4.39. The Hall–Kier alpha value is 1.39. The molecule has 0 heterocycles. The van der Waals surface area contributed by atoms with E-state index >= 15 is 0 Å². The van der Waals surface area contributed by atoms with E-state index in [0.717, 1.165) is 0 Å². The molecule has 0 N–H and O–H groups in total. The summed E-state index contributed by atoms with van der Waals surface area (Å²) in [5, 5.41) is -0.262. The second kappa shape index (κ2) is 5.94. The van der Waals surface area contributed by atoms with Gasteiger partial charge in [-0.25, -0.2) is 8.42 Å². The molecule has 0 spiro atoms. The molecule has 0 fully saturated rings. The Labute approximate surface area is 98.1 Å². The molecular formula is C5H10BrNaO3S. The van der Waals surface area contributed by atoms with Crippen LogP contribution in [0.4, 0.5) is 0 Å². The van der Waals surface area contributed by atoms with Crippen molar-refractivity contribution in [3.05, 3.63) is 0 Å². The largest absolute Gasteiger partial charge is 1.00 e. The van der Waals surface area contributed by atoms with Crippen molar-refractivity contribution in [1.29, 1.82) is 0 Å². The number of hydrogen-bond donors (Lipinski definition) is 0. The van der Waals surface area contributed by atoms with Crippen LogP contribution in [0.3, 0.4) is 0 Å². The number of alkyl halides is 1. The Morgan fingerprint density at radius 2 is 1.82 bits per heavy atom. The molecule has 0 saturated heterocycles. The normalized spacial score (nSPS) is 16.7. The third-order valence-corrected chi connectivity index (χ3v) is 3.90. The summed E-state index contributed by atoms with van der Waals surface area (Å²) in [6.45, 7) is 3.14. The molecule has 0 aliphatic carbocycles. The van der Waals surface area contributed by atoms with Crippen LogP contribution in [0.15, 0.2) is 0 Å². The molecule has 2 unspecified atom stereocenters. The predicted octanol–water partition coefficient (Wildman–Crippen LogP) is -2.04. The van der Waals surface area contributed by atoms with E-state index in [1.165, 1.54) is 6.92 Å². The Bertz CT molecular complexity index is 192. The summed E-state index contributed by atoms with van der Waals surface area (Å²) in [6.07, 6.45) is 0. The Morgan fingerprint density at radius 3 is 1.91 bits per heavy atom. The van der Waals surface area contributed by atoms with E-state index in [0.29, 0.717) is 5.33 Å². The molecule has 0 bridgehead atoms. The van der Waals surface area contributed by atoms with Crippen molar-refractivity contribution < 1.29 is 42.5 Å². The fraction of sp³-hybridized carbons (Fsp3) is 1.00. The molecule has 0 aromatic carbocycles. The van der Waals surface area contributed by atoms with Crippen LogP contribution >= 0.6 is 15.9 Å². The topological polar surface area (TPSA) is 57.2 Å². The number of halogens is 1. The van der Waals surface area contributed by atoms with Crippen molar-refractivity contribution in [2.24, 2.45) is 5.92 Å². The van der Waals surface area contributed by atoms with Gasteiger partial charge in [-0.3, -0.25) is 0 Å². The van der Waals surface area contributed by atoms with Crippen LogP contribution in [0.25, 0.3) is 0 Å². The van der Waals surface area contributed by atoms with Crippen LogP contribution in [0.5, 0.6) is 0 Å². The molecule has 0 amide bonds. The van der Waals surface area contributed by atoms with Gasteiger partial charge in [0.15, 0.2) is 0 Å². The van der Waals surface area contributed by atoms with Crippen molar-refractivity contribution in [3.8, 4) is 0 Å². The second-order valence-electron chi connectivity index (χ2n) is 2.33. The molecule has 2 atom stereocenters. The third-order valence-electron chi connectivity index (χ3n) is 1.50. The fourth-order valence-electron chi connectivity index (χ4n) is 0.410. The first kappa shape index (κ1) is 14.9. The quantitative estimate of drug-likeness (QED) is 0.330. The maximum Gasteiger partial charge on any atom is 1.00 e. The molecule has 0 rings (SSSR count). The van der Waals surface area contributed by atoms with Gasteiger partial charge in [-0.1, -0.05) is 22.9 Å². The Morgan fingerprint density at radius 1 is 1.45 bits per heavy atom. The number of hydrogen-bond acceptors (Lipinski definition) is 3. The second-order valence-corrected chi connectivity index (χ2v) is 4.71. The first-order valence-electron chi connectivity index (χ1n) is 2.90. The predicted molar refractivity (Wildman–Crippen MR) is 42.1 cm³/mol. The molecular weight excluding hydrogens is 243 g/mol. The van der Waals surface area contributed by atoms with Gasteiger partial charge >= 0.3 is 29.6 Å². The van der Waals surface area contributed by atoms with Crippen LogP contribution < -0.4 is 29.6 Å². The van der Waals surface area contributed by atoms with E-state index in [4.69, 9.17) is 0 Å². The molecule has 0 aromatic rings. The van der Waals surface area contributed by atoms with Gasteiger partial charge in [0.05, 0.1) is 15.4 Å². The van der Waals surface area contributed by atoms with Gasteiger partial charge in [0.25, 0.3) is 0 Å². The Kier molecular flexibility index (Phi) is 8.04. The van der Waals surface area contributed by atoms with Crippen molar-refractivity contribution in [1.82, 2.24) is 0 Å².